The SMILES string of the molecule is C=CCOC(=O)NC1CCCCNC1=O. The molecule has 0 radical (unpaired) electrons. The van der Waals surface area contributed by atoms with Gasteiger partial charge in [-0.2, -0.15) is 0 Å². The van der Waals surface area contributed by atoms with Crippen LogP contribution in [0, 0.1) is 0 Å². The molecule has 2 N–H and O–H groups in total. The van der Waals surface area contributed by atoms with Gasteiger partial charge in [-0.1, -0.05) is 12.7 Å². The first-order chi connectivity index (χ1) is 7.24. The lowest BCUT2D eigenvalue weighted by molar-refractivity contribution is -0.122. The molecule has 1 unspecified atom stereocenters. The zero-order valence-corrected chi connectivity index (χ0v) is 8.62. The molecule has 0 aromatic heterocycles. The maximum absolute atomic E-state index is 11.4. The Morgan fingerprint density at radius 3 is 3.20 bits per heavy atom. The van der Waals surface area contributed by atoms with Crippen LogP contribution < -0.4 is 10.6 Å². The van der Waals surface area contributed by atoms with E-state index < -0.39 is 12.1 Å². The van der Waals surface area contributed by atoms with Gasteiger partial charge >= 0.3 is 6.09 Å². The minimum absolute atomic E-state index is 0.136. The zero-order chi connectivity index (χ0) is 11.1. The van der Waals surface area contributed by atoms with Crippen LogP contribution in [0.25, 0.3) is 0 Å². The normalized spacial score (nSPS) is 21.1. The molecule has 0 aromatic carbocycles. The molecule has 15 heavy (non-hydrogen) atoms. The second-order valence-electron chi connectivity index (χ2n) is 3.37. The molecule has 1 atom stereocenters. The van der Waals surface area contributed by atoms with Gasteiger partial charge in [-0.05, 0) is 19.3 Å². The van der Waals surface area contributed by atoms with E-state index in [1.54, 1.807) is 0 Å². The molecule has 0 saturated carbocycles. The molecule has 1 fully saturated rings. The summed E-state index contributed by atoms with van der Waals surface area (Å²) in [6.45, 7) is 4.26. The van der Waals surface area contributed by atoms with Crippen LogP contribution in [0.3, 0.4) is 0 Å². The summed E-state index contributed by atoms with van der Waals surface area (Å²) in [7, 11) is 0. The van der Waals surface area contributed by atoms with Crippen molar-refractivity contribution in [3.8, 4) is 0 Å². The number of hydrogen-bond acceptors (Lipinski definition) is 3. The molecule has 1 saturated heterocycles. The van der Waals surface area contributed by atoms with E-state index in [1.165, 1.54) is 6.08 Å². The zero-order valence-electron chi connectivity index (χ0n) is 8.62. The Bertz CT molecular complexity index is 253. The van der Waals surface area contributed by atoms with Crippen LogP contribution in [0.15, 0.2) is 12.7 Å². The van der Waals surface area contributed by atoms with Gasteiger partial charge in [0.15, 0.2) is 0 Å². The van der Waals surface area contributed by atoms with Crippen LogP contribution in [0.2, 0.25) is 0 Å². The standard InChI is InChI=1S/C10H16N2O3/c1-2-7-15-10(14)12-8-5-3-4-6-11-9(8)13/h2,8H,1,3-7H2,(H,11,13)(H,12,14). The van der Waals surface area contributed by atoms with Crippen molar-refractivity contribution in [2.75, 3.05) is 13.2 Å². The summed E-state index contributed by atoms with van der Waals surface area (Å²) < 4.78 is 4.73. The lowest BCUT2D eigenvalue weighted by Gasteiger charge is -2.14. The first-order valence-corrected chi connectivity index (χ1v) is 5.06. The van der Waals surface area contributed by atoms with Gasteiger partial charge in [-0.3, -0.25) is 4.79 Å². The van der Waals surface area contributed by atoms with Crippen LogP contribution >= 0.6 is 0 Å². The summed E-state index contributed by atoms with van der Waals surface area (Å²) in [6, 6.07) is -0.468. The van der Waals surface area contributed by atoms with E-state index in [-0.39, 0.29) is 12.5 Å². The van der Waals surface area contributed by atoms with Gasteiger partial charge in [0.2, 0.25) is 5.91 Å². The number of hydrogen-bond donors (Lipinski definition) is 2. The summed E-state index contributed by atoms with van der Waals surface area (Å²) >= 11 is 0. The largest absolute Gasteiger partial charge is 0.445 e. The topological polar surface area (TPSA) is 67.4 Å². The monoisotopic (exact) mass is 212 g/mol. The molecule has 1 aliphatic rings. The first-order valence-electron chi connectivity index (χ1n) is 5.06. The average Bonchev–Trinajstić information content (AvgIpc) is 2.42. The maximum atomic E-state index is 11.4. The summed E-state index contributed by atoms with van der Waals surface area (Å²) in [5, 5.41) is 5.25. The average molecular weight is 212 g/mol. The van der Waals surface area contributed by atoms with Crippen LogP contribution in [-0.2, 0) is 9.53 Å². The van der Waals surface area contributed by atoms with E-state index >= 15 is 0 Å². The van der Waals surface area contributed by atoms with Gasteiger partial charge < -0.3 is 15.4 Å². The van der Waals surface area contributed by atoms with Crippen LogP contribution in [0.5, 0.6) is 0 Å². The minimum atomic E-state index is -0.572. The highest BCUT2D eigenvalue weighted by atomic mass is 16.5. The summed E-state index contributed by atoms with van der Waals surface area (Å²) in [5.41, 5.74) is 0. The van der Waals surface area contributed by atoms with Gasteiger partial charge in [0.1, 0.15) is 12.6 Å². The van der Waals surface area contributed by atoms with Crippen molar-refractivity contribution in [1.29, 1.82) is 0 Å². The molecule has 2 amide bonds. The first kappa shape index (κ1) is 11.6. The molecule has 0 spiro atoms. The molecule has 0 aromatic rings. The number of carbonyl (C=O) groups is 2. The Labute approximate surface area is 88.9 Å². The fraction of sp³-hybridized carbons (Fsp3) is 0.600. The molecule has 5 nitrogen and oxygen atoms in total. The smallest absolute Gasteiger partial charge is 0.408 e. The van der Waals surface area contributed by atoms with Crippen molar-refractivity contribution in [1.82, 2.24) is 10.6 Å². The van der Waals surface area contributed by atoms with E-state index in [2.05, 4.69) is 17.2 Å². The quantitative estimate of drug-likeness (QED) is 0.672. The van der Waals surface area contributed by atoms with Gasteiger partial charge in [0, 0.05) is 6.54 Å². The molecule has 1 heterocycles. The van der Waals surface area contributed by atoms with Crippen LogP contribution in [-0.4, -0.2) is 31.2 Å². The summed E-state index contributed by atoms with van der Waals surface area (Å²) in [4.78, 5) is 22.6. The Balaban J connectivity index is 2.37. The molecule has 0 aliphatic carbocycles. The summed E-state index contributed by atoms with van der Waals surface area (Å²) in [5.74, 6) is -0.136. The number of rotatable bonds is 3. The lowest BCUT2D eigenvalue weighted by atomic mass is 10.1. The third kappa shape index (κ3) is 4.01. The van der Waals surface area contributed by atoms with Crippen LogP contribution in [0.4, 0.5) is 4.79 Å². The highest BCUT2D eigenvalue weighted by Gasteiger charge is 2.22. The highest BCUT2D eigenvalue weighted by molar-refractivity contribution is 5.85. The maximum Gasteiger partial charge on any atom is 0.408 e. The minimum Gasteiger partial charge on any atom is -0.445 e. The van der Waals surface area contributed by atoms with Crippen molar-refractivity contribution in [3.05, 3.63) is 12.7 Å². The lowest BCUT2D eigenvalue weighted by Crippen LogP contribution is -2.45. The number of nitrogens with one attached hydrogen (secondary N) is 2. The molecule has 1 rings (SSSR count). The van der Waals surface area contributed by atoms with Crippen molar-refractivity contribution < 1.29 is 14.3 Å². The molecular weight excluding hydrogens is 196 g/mol. The Morgan fingerprint density at radius 1 is 1.67 bits per heavy atom. The predicted octanol–water partition coefficient (Wildman–Crippen LogP) is 0.567. The van der Waals surface area contributed by atoms with Gasteiger partial charge in [-0.15, -0.1) is 0 Å². The second kappa shape index (κ2) is 6.06. The van der Waals surface area contributed by atoms with Crippen molar-refractivity contribution in [3.63, 3.8) is 0 Å². The number of carbonyl (C=O) groups excluding carboxylic acids is 2. The van der Waals surface area contributed by atoms with E-state index in [0.717, 1.165) is 12.8 Å². The van der Waals surface area contributed by atoms with Crippen molar-refractivity contribution in [2.45, 2.75) is 25.3 Å². The number of alkyl carbamates (subject to hydrolysis) is 1. The van der Waals surface area contributed by atoms with E-state index in [1.807, 2.05) is 0 Å². The third-order valence-corrected chi connectivity index (χ3v) is 2.16. The molecular formula is C10H16N2O3. The van der Waals surface area contributed by atoms with Crippen LogP contribution in [0.1, 0.15) is 19.3 Å². The van der Waals surface area contributed by atoms with E-state index in [9.17, 15) is 9.59 Å². The Kier molecular flexibility index (Phi) is 4.66. The highest BCUT2D eigenvalue weighted by Crippen LogP contribution is 2.05. The van der Waals surface area contributed by atoms with Gasteiger partial charge in [-0.25, -0.2) is 4.79 Å². The summed E-state index contributed by atoms with van der Waals surface area (Å²) in [6.07, 6.45) is 3.44. The van der Waals surface area contributed by atoms with Crippen molar-refractivity contribution in [2.24, 2.45) is 0 Å². The molecule has 0 bridgehead atoms. The number of amides is 2. The van der Waals surface area contributed by atoms with E-state index in [4.69, 9.17) is 4.74 Å². The Hall–Kier alpha value is -1.52. The Morgan fingerprint density at radius 2 is 2.47 bits per heavy atom. The van der Waals surface area contributed by atoms with Gasteiger partial charge in [0.05, 0.1) is 0 Å². The molecule has 84 valence electrons. The molecule has 5 heteroatoms. The predicted molar refractivity (Wildman–Crippen MR) is 55.3 cm³/mol. The fourth-order valence-corrected chi connectivity index (χ4v) is 1.40. The third-order valence-electron chi connectivity index (χ3n) is 2.16. The second-order valence-corrected chi connectivity index (χ2v) is 3.37. The van der Waals surface area contributed by atoms with E-state index in [0.29, 0.717) is 13.0 Å². The molecule has 1 aliphatic heterocycles. The fourth-order valence-electron chi connectivity index (χ4n) is 1.40. The van der Waals surface area contributed by atoms with Crippen molar-refractivity contribution >= 4 is 12.0 Å². The number of ether oxygens (including phenoxy) is 1. The van der Waals surface area contributed by atoms with Gasteiger partial charge in [0.25, 0.3) is 0 Å².